The number of morpholine rings is 1. The van der Waals surface area contributed by atoms with E-state index in [-0.39, 0.29) is 35.9 Å². The number of hydrogen-bond acceptors (Lipinski definition) is 7. The number of piperidine rings is 1. The summed E-state index contributed by atoms with van der Waals surface area (Å²) in [4.78, 5) is 34.2. The van der Waals surface area contributed by atoms with Crippen LogP contribution in [-0.2, 0) is 16.1 Å². The summed E-state index contributed by atoms with van der Waals surface area (Å²) in [7, 11) is 0. The highest BCUT2D eigenvalue weighted by Gasteiger charge is 2.46. The first-order valence-electron chi connectivity index (χ1n) is 15.0. The Kier molecular flexibility index (Phi) is 7.18. The van der Waals surface area contributed by atoms with Crippen LogP contribution in [0.2, 0.25) is 0 Å². The predicted octanol–water partition coefficient (Wildman–Crippen LogP) is 5.56. The second-order valence-electron chi connectivity index (χ2n) is 12.5. The summed E-state index contributed by atoms with van der Waals surface area (Å²) in [5.41, 5.74) is 5.73. The number of fused-ring (bicyclic) bond motifs is 4. The predicted molar refractivity (Wildman–Crippen MR) is 161 cm³/mol. The number of carbonyl (C=O) groups is 2. The minimum Gasteiger partial charge on any atom is -0.488 e. The Bertz CT molecular complexity index is 1500. The molecule has 0 spiro atoms. The van der Waals surface area contributed by atoms with Crippen molar-refractivity contribution in [1.29, 1.82) is 0 Å². The molecule has 3 aromatic rings. The van der Waals surface area contributed by atoms with E-state index in [1.807, 2.05) is 42.2 Å². The van der Waals surface area contributed by atoms with Gasteiger partial charge in [-0.1, -0.05) is 17.7 Å². The van der Waals surface area contributed by atoms with Gasteiger partial charge in [0.1, 0.15) is 12.4 Å². The molecule has 3 aliphatic heterocycles. The smallest absolute Gasteiger partial charge is 0.307 e. The lowest BCUT2D eigenvalue weighted by molar-refractivity contribution is -0.144. The van der Waals surface area contributed by atoms with E-state index >= 15 is 0 Å². The summed E-state index contributed by atoms with van der Waals surface area (Å²) >= 11 is 1.61. The van der Waals surface area contributed by atoms with Crippen LogP contribution in [0.25, 0.3) is 11.3 Å². The molecule has 42 heavy (non-hydrogen) atoms. The van der Waals surface area contributed by atoms with Crippen LogP contribution in [0.15, 0.2) is 41.8 Å². The van der Waals surface area contributed by atoms with Gasteiger partial charge < -0.3 is 24.4 Å². The SMILES string of the molecule is Cc1ccc(OCc2ccc(C(=O)N3C[C@H]4CC[C@@H](C3)O4)cc2C)c(-c2csc(N3CC4CC[C@H](C3)[C@@H]4C(=O)O)n2)c1. The van der Waals surface area contributed by atoms with Gasteiger partial charge in [-0.05, 0) is 86.8 Å². The summed E-state index contributed by atoms with van der Waals surface area (Å²) < 4.78 is 12.3. The van der Waals surface area contributed by atoms with E-state index in [0.29, 0.717) is 25.3 Å². The number of aliphatic carboxylic acids is 1. The molecule has 4 fully saturated rings. The van der Waals surface area contributed by atoms with Gasteiger partial charge in [0.2, 0.25) is 0 Å². The lowest BCUT2D eigenvalue weighted by Gasteiger charge is -2.35. The summed E-state index contributed by atoms with van der Waals surface area (Å²) in [6.07, 6.45) is 4.40. The molecule has 4 bridgehead atoms. The molecule has 4 heterocycles. The molecular formula is C33H37N3O5S. The van der Waals surface area contributed by atoms with Crippen LogP contribution >= 0.6 is 11.3 Å². The van der Waals surface area contributed by atoms with E-state index in [1.165, 1.54) is 0 Å². The number of carboxylic acid groups (broad SMARTS) is 1. The van der Waals surface area contributed by atoms with E-state index < -0.39 is 5.97 Å². The van der Waals surface area contributed by atoms with Gasteiger partial charge in [0.15, 0.2) is 5.13 Å². The number of nitrogens with zero attached hydrogens (tertiary/aromatic N) is 3. The van der Waals surface area contributed by atoms with Crippen LogP contribution in [0.4, 0.5) is 5.13 Å². The highest BCUT2D eigenvalue weighted by Crippen LogP contribution is 2.44. The highest BCUT2D eigenvalue weighted by atomic mass is 32.1. The molecule has 3 saturated heterocycles. The molecule has 7 rings (SSSR count). The first-order chi connectivity index (χ1) is 20.3. The van der Waals surface area contributed by atoms with Crippen LogP contribution in [0.3, 0.4) is 0 Å². The number of carbonyl (C=O) groups excluding carboxylic acids is 1. The van der Waals surface area contributed by atoms with Crippen molar-refractivity contribution >= 4 is 28.3 Å². The van der Waals surface area contributed by atoms with E-state index in [9.17, 15) is 14.7 Å². The van der Waals surface area contributed by atoms with Gasteiger partial charge in [-0.25, -0.2) is 4.98 Å². The number of hydrogen-bond donors (Lipinski definition) is 1. The van der Waals surface area contributed by atoms with Crippen molar-refractivity contribution in [1.82, 2.24) is 9.88 Å². The molecule has 1 N–H and O–H groups in total. The van der Waals surface area contributed by atoms with Crippen LogP contribution in [0, 0.1) is 31.6 Å². The van der Waals surface area contributed by atoms with Crippen molar-refractivity contribution in [2.75, 3.05) is 31.1 Å². The van der Waals surface area contributed by atoms with Crippen molar-refractivity contribution in [2.24, 2.45) is 17.8 Å². The molecule has 2 aromatic carbocycles. The number of amides is 1. The zero-order valence-corrected chi connectivity index (χ0v) is 24.9. The Morgan fingerprint density at radius 2 is 1.74 bits per heavy atom. The summed E-state index contributed by atoms with van der Waals surface area (Å²) in [5.74, 6) is 0.365. The van der Waals surface area contributed by atoms with Crippen molar-refractivity contribution < 1.29 is 24.2 Å². The van der Waals surface area contributed by atoms with E-state index in [1.54, 1.807) is 11.3 Å². The summed E-state index contributed by atoms with van der Waals surface area (Å²) in [5, 5.41) is 12.7. The van der Waals surface area contributed by atoms with Gasteiger partial charge in [0.25, 0.3) is 5.91 Å². The molecule has 9 heteroatoms. The first kappa shape index (κ1) is 27.4. The van der Waals surface area contributed by atoms with Crippen LogP contribution in [0.5, 0.6) is 5.75 Å². The zero-order valence-electron chi connectivity index (χ0n) is 24.1. The third-order valence-corrected chi connectivity index (χ3v) is 10.5. The number of benzene rings is 2. The van der Waals surface area contributed by atoms with Gasteiger partial charge >= 0.3 is 5.97 Å². The topological polar surface area (TPSA) is 92.2 Å². The average molecular weight is 588 g/mol. The lowest BCUT2D eigenvalue weighted by atomic mass is 9.85. The third-order valence-electron chi connectivity index (χ3n) is 9.60. The Morgan fingerprint density at radius 3 is 2.43 bits per heavy atom. The van der Waals surface area contributed by atoms with E-state index in [2.05, 4.69) is 23.3 Å². The fourth-order valence-electron chi connectivity index (χ4n) is 7.39. The molecule has 220 valence electrons. The lowest BCUT2D eigenvalue weighted by Crippen LogP contribution is -2.45. The number of aromatic nitrogens is 1. The minimum absolute atomic E-state index is 0.0751. The largest absolute Gasteiger partial charge is 0.488 e. The molecule has 1 amide bonds. The number of likely N-dealkylation sites (tertiary alicyclic amines) is 1. The number of anilines is 1. The molecule has 1 aliphatic carbocycles. The van der Waals surface area contributed by atoms with E-state index in [0.717, 1.165) is 77.6 Å². The van der Waals surface area contributed by atoms with Gasteiger partial charge in [-0.3, -0.25) is 9.59 Å². The van der Waals surface area contributed by atoms with Crippen LogP contribution in [0.1, 0.15) is 52.7 Å². The van der Waals surface area contributed by atoms with Gasteiger partial charge in [-0.15, -0.1) is 11.3 Å². The van der Waals surface area contributed by atoms with Crippen molar-refractivity contribution in [3.63, 3.8) is 0 Å². The second-order valence-corrected chi connectivity index (χ2v) is 13.3. The molecule has 1 saturated carbocycles. The maximum atomic E-state index is 13.2. The zero-order chi connectivity index (χ0) is 29.0. The fraction of sp³-hybridized carbons (Fsp3) is 0.485. The maximum absolute atomic E-state index is 13.2. The Hall–Kier alpha value is -3.43. The monoisotopic (exact) mass is 587 g/mol. The van der Waals surface area contributed by atoms with Crippen LogP contribution < -0.4 is 9.64 Å². The molecule has 1 aromatic heterocycles. The number of carboxylic acids is 1. The second kappa shape index (κ2) is 11.0. The van der Waals surface area contributed by atoms with Crippen molar-refractivity contribution in [3.8, 4) is 17.0 Å². The minimum atomic E-state index is -0.649. The number of ether oxygens (including phenoxy) is 2. The molecule has 0 radical (unpaired) electrons. The van der Waals surface area contributed by atoms with Gasteiger partial charge in [-0.2, -0.15) is 0 Å². The average Bonchev–Trinajstić information content (AvgIpc) is 3.68. The van der Waals surface area contributed by atoms with Gasteiger partial charge in [0, 0.05) is 42.7 Å². The van der Waals surface area contributed by atoms with E-state index in [4.69, 9.17) is 14.5 Å². The van der Waals surface area contributed by atoms with Gasteiger partial charge in [0.05, 0.1) is 23.8 Å². The standard InChI is InChI=1S/C33H37N3O5S/c1-19-3-10-29(27(11-19)28-18-42-33(34-28)36-13-22-5-6-23(14-36)30(22)32(38)39)40-17-24-7-4-21(12-20(24)2)31(37)35-15-25-8-9-26(16-35)41-25/h3-4,7,10-12,18,22-23,25-26,30H,5-6,8-9,13-17H2,1-2H3,(H,38,39)/t22-,23?,25-,26+,30+/m1/s1. The number of rotatable bonds is 7. The first-order valence-corrected chi connectivity index (χ1v) is 15.9. The molecule has 4 aliphatic rings. The van der Waals surface area contributed by atoms with Crippen molar-refractivity contribution in [2.45, 2.75) is 58.3 Å². The summed E-state index contributed by atoms with van der Waals surface area (Å²) in [6, 6.07) is 12.0. The maximum Gasteiger partial charge on any atom is 0.307 e. The van der Waals surface area contributed by atoms with Crippen LogP contribution in [-0.4, -0.2) is 65.3 Å². The molecule has 8 nitrogen and oxygen atoms in total. The highest BCUT2D eigenvalue weighted by molar-refractivity contribution is 7.14. The molecule has 1 unspecified atom stereocenters. The summed E-state index contributed by atoms with van der Waals surface area (Å²) in [6.45, 7) is 7.34. The Labute approximate surface area is 250 Å². The molecular weight excluding hydrogens is 550 g/mol. The molecule has 5 atom stereocenters. The van der Waals surface area contributed by atoms with Crippen molar-refractivity contribution in [3.05, 3.63) is 64.0 Å². The third kappa shape index (κ3) is 5.17. The quantitative estimate of drug-likeness (QED) is 0.387. The number of aryl methyl sites for hydroxylation is 2. The number of thiazole rings is 1. The Morgan fingerprint density at radius 1 is 1.00 bits per heavy atom. The normalized spacial score (nSPS) is 26.5. The fourth-order valence-corrected chi connectivity index (χ4v) is 8.24. The Balaban J connectivity index is 1.05.